The minimum Gasteiger partial charge on any atom is -0.444 e. The van der Waals surface area contributed by atoms with Crippen LogP contribution in [0.1, 0.15) is 26.3 Å². The molecule has 4 nitrogen and oxygen atoms in total. The van der Waals surface area contributed by atoms with Gasteiger partial charge in [0.25, 0.3) is 0 Å². The molecule has 1 aromatic rings. The van der Waals surface area contributed by atoms with Crippen LogP contribution in [0, 0.1) is 0 Å². The summed E-state index contributed by atoms with van der Waals surface area (Å²) in [5.41, 5.74) is 0.109. The summed E-state index contributed by atoms with van der Waals surface area (Å²) in [4.78, 5) is 11.9. The van der Waals surface area contributed by atoms with Gasteiger partial charge >= 0.3 is 6.09 Å². The topological polar surface area (TPSA) is 47.6 Å². The normalized spacial score (nSPS) is 17.7. The van der Waals surface area contributed by atoms with Crippen LogP contribution >= 0.6 is 0 Å². The first-order chi connectivity index (χ1) is 8.41. The number of hydrogen-bond donors (Lipinski definition) is 1. The molecule has 1 amide bonds. The molecule has 1 fully saturated rings. The molecule has 0 atom stereocenters. The lowest BCUT2D eigenvalue weighted by Crippen LogP contribution is -2.60. The first kappa shape index (κ1) is 12.9. The maximum atomic E-state index is 11.9. The number of carbonyl (C=O) groups is 1. The second kappa shape index (κ2) is 4.61. The van der Waals surface area contributed by atoms with Crippen molar-refractivity contribution in [2.45, 2.75) is 31.9 Å². The molecule has 18 heavy (non-hydrogen) atoms. The van der Waals surface area contributed by atoms with Crippen LogP contribution in [0.25, 0.3) is 0 Å². The van der Waals surface area contributed by atoms with Gasteiger partial charge in [-0.1, -0.05) is 30.3 Å². The van der Waals surface area contributed by atoms with Crippen LogP contribution in [0.4, 0.5) is 4.79 Å². The average molecular weight is 249 g/mol. The molecule has 0 radical (unpaired) electrons. The third-order valence-corrected chi connectivity index (χ3v) is 2.76. The summed E-state index contributed by atoms with van der Waals surface area (Å²) in [7, 11) is 0. The molecule has 1 saturated heterocycles. The summed E-state index contributed by atoms with van der Waals surface area (Å²) in [5, 5.41) is 2.92. The zero-order valence-corrected chi connectivity index (χ0v) is 11.0. The summed E-state index contributed by atoms with van der Waals surface area (Å²) in [6.07, 6.45) is -0.408. The molecule has 0 saturated carbocycles. The maximum Gasteiger partial charge on any atom is 0.408 e. The highest BCUT2D eigenvalue weighted by Crippen LogP contribution is 2.29. The Hall–Kier alpha value is -1.55. The minimum atomic E-state index is -0.493. The van der Waals surface area contributed by atoms with Gasteiger partial charge in [-0.2, -0.15) is 0 Å². The Labute approximate surface area is 107 Å². The van der Waals surface area contributed by atoms with Gasteiger partial charge in [0.1, 0.15) is 11.1 Å². The highest BCUT2D eigenvalue weighted by atomic mass is 16.6. The van der Waals surface area contributed by atoms with Crippen molar-refractivity contribution in [1.29, 1.82) is 0 Å². The molecule has 1 aliphatic heterocycles. The molecule has 2 rings (SSSR count). The van der Waals surface area contributed by atoms with Crippen molar-refractivity contribution in [1.82, 2.24) is 5.32 Å². The molecule has 1 aromatic carbocycles. The van der Waals surface area contributed by atoms with Gasteiger partial charge in [-0.25, -0.2) is 4.79 Å². The summed E-state index contributed by atoms with van der Waals surface area (Å²) >= 11 is 0. The molecule has 1 N–H and O–H groups in total. The highest BCUT2D eigenvalue weighted by molar-refractivity contribution is 5.69. The Bertz CT molecular complexity index is 418. The van der Waals surface area contributed by atoms with Crippen LogP contribution in [-0.2, 0) is 15.0 Å². The molecule has 98 valence electrons. The zero-order chi connectivity index (χ0) is 13.2. The second-order valence-corrected chi connectivity index (χ2v) is 5.57. The van der Waals surface area contributed by atoms with Crippen LogP contribution < -0.4 is 5.32 Å². The molecule has 0 bridgehead atoms. The number of rotatable bonds is 2. The number of benzene rings is 1. The Morgan fingerprint density at radius 3 is 2.33 bits per heavy atom. The lowest BCUT2D eigenvalue weighted by atomic mass is 9.88. The van der Waals surface area contributed by atoms with Gasteiger partial charge in [0.05, 0.1) is 13.2 Å². The standard InChI is InChI=1S/C14H19NO3/c1-13(2,3)18-12(16)15-14(9-17-10-14)11-7-5-4-6-8-11/h4-8H,9-10H2,1-3H3,(H,15,16). The number of alkyl carbamates (subject to hydrolysis) is 1. The molecular weight excluding hydrogens is 230 g/mol. The van der Waals surface area contributed by atoms with Gasteiger partial charge in [-0.05, 0) is 26.3 Å². The average Bonchev–Trinajstić information content (AvgIpc) is 2.22. The molecule has 1 heterocycles. The second-order valence-electron chi connectivity index (χ2n) is 5.57. The summed E-state index contributed by atoms with van der Waals surface area (Å²) in [5.74, 6) is 0. The van der Waals surface area contributed by atoms with Gasteiger partial charge in [-0.15, -0.1) is 0 Å². The molecule has 0 aliphatic carbocycles. The predicted molar refractivity (Wildman–Crippen MR) is 68.3 cm³/mol. The fourth-order valence-corrected chi connectivity index (χ4v) is 1.87. The summed E-state index contributed by atoms with van der Waals surface area (Å²) in [6, 6.07) is 9.82. The first-order valence-electron chi connectivity index (χ1n) is 6.06. The fraction of sp³-hybridized carbons (Fsp3) is 0.500. The van der Waals surface area contributed by atoms with Gasteiger partial charge in [0.2, 0.25) is 0 Å². The Kier molecular flexibility index (Phi) is 3.30. The molecular formula is C14H19NO3. The SMILES string of the molecule is CC(C)(C)OC(=O)NC1(c2ccccc2)COC1. The van der Waals surface area contributed by atoms with E-state index >= 15 is 0 Å². The number of hydrogen-bond acceptors (Lipinski definition) is 3. The van der Waals surface area contributed by atoms with Crippen LogP contribution in [0.15, 0.2) is 30.3 Å². The van der Waals surface area contributed by atoms with Crippen molar-refractivity contribution < 1.29 is 14.3 Å². The van der Waals surface area contributed by atoms with Crippen molar-refractivity contribution in [3.05, 3.63) is 35.9 Å². The summed E-state index contributed by atoms with van der Waals surface area (Å²) in [6.45, 7) is 6.50. The molecule has 1 aliphatic rings. The lowest BCUT2D eigenvalue weighted by molar-refractivity contribution is -0.0797. The largest absolute Gasteiger partial charge is 0.444 e. The fourth-order valence-electron chi connectivity index (χ4n) is 1.87. The number of nitrogens with one attached hydrogen (secondary N) is 1. The van der Waals surface area contributed by atoms with E-state index in [9.17, 15) is 4.79 Å². The van der Waals surface area contributed by atoms with Gasteiger partial charge in [0, 0.05) is 0 Å². The summed E-state index contributed by atoms with van der Waals surface area (Å²) < 4.78 is 10.5. The first-order valence-corrected chi connectivity index (χ1v) is 6.06. The van der Waals surface area contributed by atoms with E-state index < -0.39 is 17.2 Å². The van der Waals surface area contributed by atoms with E-state index in [-0.39, 0.29) is 0 Å². The Morgan fingerprint density at radius 1 is 1.28 bits per heavy atom. The third-order valence-electron chi connectivity index (χ3n) is 2.76. The van der Waals surface area contributed by atoms with Crippen molar-refractivity contribution in [3.63, 3.8) is 0 Å². The van der Waals surface area contributed by atoms with Crippen molar-refractivity contribution in [3.8, 4) is 0 Å². The quantitative estimate of drug-likeness (QED) is 0.875. The molecule has 0 aromatic heterocycles. The van der Waals surface area contributed by atoms with Crippen LogP contribution in [-0.4, -0.2) is 24.9 Å². The molecule has 0 unspecified atom stereocenters. The lowest BCUT2D eigenvalue weighted by Gasteiger charge is -2.42. The number of carbonyl (C=O) groups excluding carboxylic acids is 1. The third kappa shape index (κ3) is 2.82. The van der Waals surface area contributed by atoms with Crippen LogP contribution in [0.2, 0.25) is 0 Å². The van der Waals surface area contributed by atoms with Crippen LogP contribution in [0.5, 0.6) is 0 Å². The van der Waals surface area contributed by atoms with E-state index in [1.807, 2.05) is 51.1 Å². The van der Waals surface area contributed by atoms with Crippen molar-refractivity contribution in [2.24, 2.45) is 0 Å². The van der Waals surface area contributed by atoms with E-state index in [0.717, 1.165) is 5.56 Å². The van der Waals surface area contributed by atoms with E-state index in [1.54, 1.807) is 0 Å². The maximum absolute atomic E-state index is 11.9. The van der Waals surface area contributed by atoms with Crippen LogP contribution in [0.3, 0.4) is 0 Å². The van der Waals surface area contributed by atoms with Crippen molar-refractivity contribution >= 4 is 6.09 Å². The van der Waals surface area contributed by atoms with E-state index in [0.29, 0.717) is 13.2 Å². The Morgan fingerprint density at radius 2 is 1.89 bits per heavy atom. The van der Waals surface area contributed by atoms with E-state index in [2.05, 4.69) is 5.32 Å². The smallest absolute Gasteiger partial charge is 0.408 e. The zero-order valence-electron chi connectivity index (χ0n) is 11.0. The molecule has 0 spiro atoms. The predicted octanol–water partition coefficient (Wildman–Crippen LogP) is 2.44. The van der Waals surface area contributed by atoms with E-state index in [1.165, 1.54) is 0 Å². The molecule has 4 heteroatoms. The van der Waals surface area contributed by atoms with Gasteiger partial charge in [0.15, 0.2) is 0 Å². The van der Waals surface area contributed by atoms with E-state index in [4.69, 9.17) is 9.47 Å². The number of amides is 1. The minimum absolute atomic E-state index is 0.408. The van der Waals surface area contributed by atoms with Gasteiger partial charge in [-0.3, -0.25) is 0 Å². The number of ether oxygens (including phenoxy) is 2. The monoisotopic (exact) mass is 249 g/mol. The van der Waals surface area contributed by atoms with Crippen molar-refractivity contribution in [2.75, 3.05) is 13.2 Å². The highest BCUT2D eigenvalue weighted by Gasteiger charge is 2.42. The van der Waals surface area contributed by atoms with Gasteiger partial charge < -0.3 is 14.8 Å². The Balaban J connectivity index is 2.08.